The minimum Gasteiger partial charge on any atom is -0.398 e. The predicted molar refractivity (Wildman–Crippen MR) is 82.1 cm³/mol. The van der Waals surface area contributed by atoms with Gasteiger partial charge in [0.05, 0.1) is 5.69 Å². The first-order valence-corrected chi connectivity index (χ1v) is 8.63. The Morgan fingerprint density at radius 3 is 2.50 bits per heavy atom. The lowest BCUT2D eigenvalue weighted by Gasteiger charge is -2.21. The lowest BCUT2D eigenvalue weighted by atomic mass is 10.0. The van der Waals surface area contributed by atoms with Crippen LogP contribution in [0.15, 0.2) is 17.0 Å². The molecule has 0 aromatic heterocycles. The van der Waals surface area contributed by atoms with Gasteiger partial charge in [-0.1, -0.05) is 6.92 Å². The lowest BCUT2D eigenvalue weighted by molar-refractivity contribution is 0.417. The molecule has 112 valence electrons. The fourth-order valence-corrected chi connectivity index (χ4v) is 4.33. The van der Waals surface area contributed by atoms with E-state index in [-0.39, 0.29) is 4.90 Å². The van der Waals surface area contributed by atoms with Gasteiger partial charge in [0.25, 0.3) is 0 Å². The molecule has 20 heavy (non-hydrogen) atoms. The predicted octanol–water partition coefficient (Wildman–Crippen LogP) is 2.70. The fraction of sp³-hybridized carbons (Fsp3) is 0.600. The van der Waals surface area contributed by atoms with Crippen LogP contribution in [0.5, 0.6) is 0 Å². The highest BCUT2D eigenvalue weighted by Crippen LogP contribution is 2.28. The van der Waals surface area contributed by atoms with Crippen LogP contribution in [0, 0.1) is 19.8 Å². The average molecular weight is 296 g/mol. The largest absolute Gasteiger partial charge is 0.398 e. The molecule has 0 radical (unpaired) electrons. The molecule has 4 nitrogen and oxygen atoms in total. The van der Waals surface area contributed by atoms with E-state index in [0.29, 0.717) is 24.7 Å². The molecule has 1 atom stereocenters. The molecule has 1 saturated heterocycles. The van der Waals surface area contributed by atoms with E-state index in [2.05, 4.69) is 6.92 Å². The Bertz CT molecular complexity index is 596. The van der Waals surface area contributed by atoms with Gasteiger partial charge in [0, 0.05) is 13.1 Å². The molecule has 1 heterocycles. The first-order chi connectivity index (χ1) is 9.32. The van der Waals surface area contributed by atoms with Gasteiger partial charge in [0.1, 0.15) is 4.90 Å². The van der Waals surface area contributed by atoms with Gasteiger partial charge in [-0.3, -0.25) is 0 Å². The molecule has 1 fully saturated rings. The molecule has 0 spiro atoms. The van der Waals surface area contributed by atoms with E-state index >= 15 is 0 Å². The summed E-state index contributed by atoms with van der Waals surface area (Å²) < 4.78 is 27.1. The third-order valence-electron chi connectivity index (χ3n) is 4.22. The molecule has 1 aliphatic rings. The molecular formula is C15H24N2O2S. The second kappa shape index (κ2) is 5.74. The van der Waals surface area contributed by atoms with Crippen molar-refractivity contribution in [1.29, 1.82) is 0 Å². The molecule has 1 aromatic carbocycles. The topological polar surface area (TPSA) is 63.4 Å². The highest BCUT2D eigenvalue weighted by Gasteiger charge is 2.28. The number of aryl methyl sites for hydroxylation is 2. The summed E-state index contributed by atoms with van der Waals surface area (Å²) in [6, 6.07) is 3.46. The maximum Gasteiger partial charge on any atom is 0.245 e. The molecule has 0 aliphatic carbocycles. The van der Waals surface area contributed by atoms with Gasteiger partial charge in [-0.05, 0) is 62.3 Å². The zero-order valence-corrected chi connectivity index (χ0v) is 13.3. The molecule has 0 bridgehead atoms. The van der Waals surface area contributed by atoms with Gasteiger partial charge in [-0.2, -0.15) is 4.31 Å². The molecule has 1 aromatic rings. The van der Waals surface area contributed by atoms with Crippen molar-refractivity contribution in [2.45, 2.75) is 44.9 Å². The van der Waals surface area contributed by atoms with Crippen molar-refractivity contribution in [3.63, 3.8) is 0 Å². The zero-order valence-electron chi connectivity index (χ0n) is 12.5. The van der Waals surface area contributed by atoms with Crippen LogP contribution in [0.3, 0.4) is 0 Å². The molecular weight excluding hydrogens is 272 g/mol. The molecule has 5 heteroatoms. The molecule has 2 N–H and O–H groups in total. The van der Waals surface area contributed by atoms with E-state index < -0.39 is 10.0 Å². The lowest BCUT2D eigenvalue weighted by Crippen LogP contribution is -2.32. The number of hydrogen-bond donors (Lipinski definition) is 1. The minimum atomic E-state index is -3.47. The standard InChI is InChI=1S/C15H24N2O2S/c1-11-5-4-7-17(8-6-11)20(18,19)15-10-13(3)12(2)9-14(15)16/h9-11H,4-8,16H2,1-3H3. The summed E-state index contributed by atoms with van der Waals surface area (Å²) in [5, 5.41) is 0. The van der Waals surface area contributed by atoms with Crippen molar-refractivity contribution in [1.82, 2.24) is 4.31 Å². The van der Waals surface area contributed by atoms with Crippen LogP contribution in [0.25, 0.3) is 0 Å². The summed E-state index contributed by atoms with van der Waals surface area (Å²) in [6.07, 6.45) is 2.93. The normalized spacial score (nSPS) is 21.6. The Morgan fingerprint density at radius 2 is 1.80 bits per heavy atom. The van der Waals surface area contributed by atoms with Gasteiger partial charge in [0.15, 0.2) is 0 Å². The van der Waals surface area contributed by atoms with Crippen LogP contribution in [-0.4, -0.2) is 25.8 Å². The first-order valence-electron chi connectivity index (χ1n) is 7.19. The number of hydrogen-bond acceptors (Lipinski definition) is 3. The molecule has 1 unspecified atom stereocenters. The second-order valence-corrected chi connectivity index (χ2v) is 7.82. The van der Waals surface area contributed by atoms with E-state index in [9.17, 15) is 8.42 Å². The molecule has 0 saturated carbocycles. The number of anilines is 1. The van der Waals surface area contributed by atoms with Crippen LogP contribution in [0.1, 0.15) is 37.3 Å². The summed E-state index contributed by atoms with van der Waals surface area (Å²) in [5.41, 5.74) is 8.27. The van der Waals surface area contributed by atoms with E-state index in [1.807, 2.05) is 13.8 Å². The smallest absolute Gasteiger partial charge is 0.245 e. The monoisotopic (exact) mass is 296 g/mol. The van der Waals surface area contributed by atoms with Crippen LogP contribution in [-0.2, 0) is 10.0 Å². The molecule has 0 amide bonds. The summed E-state index contributed by atoms with van der Waals surface area (Å²) in [6.45, 7) is 7.23. The number of benzene rings is 1. The summed E-state index contributed by atoms with van der Waals surface area (Å²) in [7, 11) is -3.47. The number of nitrogens with zero attached hydrogens (tertiary/aromatic N) is 1. The van der Waals surface area contributed by atoms with Crippen LogP contribution in [0.2, 0.25) is 0 Å². The Balaban J connectivity index is 2.37. The molecule has 1 aliphatic heterocycles. The van der Waals surface area contributed by atoms with Gasteiger partial charge in [-0.15, -0.1) is 0 Å². The summed E-state index contributed by atoms with van der Waals surface area (Å²) in [4.78, 5) is 0.259. The van der Waals surface area contributed by atoms with Crippen molar-refractivity contribution in [2.75, 3.05) is 18.8 Å². The average Bonchev–Trinajstić information content (AvgIpc) is 2.59. The van der Waals surface area contributed by atoms with E-state index in [0.717, 1.165) is 30.4 Å². The van der Waals surface area contributed by atoms with Crippen LogP contribution < -0.4 is 5.73 Å². The third-order valence-corrected chi connectivity index (χ3v) is 6.17. The van der Waals surface area contributed by atoms with Gasteiger partial charge < -0.3 is 5.73 Å². The van der Waals surface area contributed by atoms with Crippen molar-refractivity contribution in [2.24, 2.45) is 5.92 Å². The summed E-state index contributed by atoms with van der Waals surface area (Å²) in [5.74, 6) is 0.590. The van der Waals surface area contributed by atoms with Crippen LogP contribution >= 0.6 is 0 Å². The summed E-state index contributed by atoms with van der Waals surface area (Å²) >= 11 is 0. The number of rotatable bonds is 2. The van der Waals surface area contributed by atoms with Gasteiger partial charge in [0.2, 0.25) is 10.0 Å². The maximum atomic E-state index is 12.8. The number of nitrogens with two attached hydrogens (primary N) is 1. The SMILES string of the molecule is Cc1cc(N)c(S(=O)(=O)N2CCCC(C)CC2)cc1C. The Kier molecular flexibility index (Phi) is 4.39. The van der Waals surface area contributed by atoms with Gasteiger partial charge in [-0.25, -0.2) is 8.42 Å². The van der Waals surface area contributed by atoms with Gasteiger partial charge >= 0.3 is 0 Å². The maximum absolute atomic E-state index is 12.8. The highest BCUT2D eigenvalue weighted by molar-refractivity contribution is 7.89. The van der Waals surface area contributed by atoms with Crippen molar-refractivity contribution in [3.05, 3.63) is 23.3 Å². The minimum absolute atomic E-state index is 0.259. The van der Waals surface area contributed by atoms with Crippen LogP contribution in [0.4, 0.5) is 5.69 Å². The van der Waals surface area contributed by atoms with Crippen molar-refractivity contribution >= 4 is 15.7 Å². The fourth-order valence-electron chi connectivity index (χ4n) is 2.65. The van der Waals surface area contributed by atoms with E-state index in [1.54, 1.807) is 16.4 Å². The van der Waals surface area contributed by atoms with E-state index in [1.165, 1.54) is 0 Å². The zero-order chi connectivity index (χ0) is 14.9. The first kappa shape index (κ1) is 15.3. The Morgan fingerprint density at radius 1 is 1.15 bits per heavy atom. The third kappa shape index (κ3) is 2.99. The number of nitrogen functional groups attached to an aromatic ring is 1. The Hall–Kier alpha value is -1.07. The van der Waals surface area contributed by atoms with E-state index in [4.69, 9.17) is 5.73 Å². The highest BCUT2D eigenvalue weighted by atomic mass is 32.2. The Labute approximate surface area is 122 Å². The quantitative estimate of drug-likeness (QED) is 0.853. The van der Waals surface area contributed by atoms with Crippen molar-refractivity contribution < 1.29 is 8.42 Å². The second-order valence-electron chi connectivity index (χ2n) is 5.91. The molecule has 2 rings (SSSR count). The van der Waals surface area contributed by atoms with Crippen molar-refractivity contribution in [3.8, 4) is 0 Å². The number of sulfonamides is 1.